The third-order valence-corrected chi connectivity index (χ3v) is 4.43. The maximum absolute atomic E-state index is 12.4. The van der Waals surface area contributed by atoms with Crippen LogP contribution in [0, 0.1) is 12.3 Å². The van der Waals surface area contributed by atoms with Gasteiger partial charge in [-0.05, 0) is 25.3 Å². The van der Waals surface area contributed by atoms with Crippen molar-refractivity contribution in [1.82, 2.24) is 4.90 Å². The molecule has 1 fully saturated rings. The quantitative estimate of drug-likeness (QED) is 0.906. The molecular formula is C17H23NO3. The van der Waals surface area contributed by atoms with E-state index in [4.69, 9.17) is 0 Å². The Morgan fingerprint density at radius 1 is 1.29 bits per heavy atom. The molecule has 0 aromatic heterocycles. The largest absolute Gasteiger partial charge is 0.481 e. The second kappa shape index (κ2) is 6.29. The second-order valence-corrected chi connectivity index (χ2v) is 6.21. The van der Waals surface area contributed by atoms with Crippen molar-refractivity contribution in [2.24, 2.45) is 5.41 Å². The third kappa shape index (κ3) is 3.63. The van der Waals surface area contributed by atoms with Gasteiger partial charge in [-0.25, -0.2) is 0 Å². The van der Waals surface area contributed by atoms with Crippen LogP contribution in [0.1, 0.15) is 43.2 Å². The summed E-state index contributed by atoms with van der Waals surface area (Å²) in [6.07, 6.45) is 3.16. The van der Waals surface area contributed by atoms with E-state index >= 15 is 0 Å². The lowest BCUT2D eigenvalue weighted by molar-refractivity contribution is -0.153. The summed E-state index contributed by atoms with van der Waals surface area (Å²) in [5.74, 6) is -0.905. The number of aryl methyl sites for hydroxylation is 1. The van der Waals surface area contributed by atoms with Crippen LogP contribution in [-0.2, 0) is 16.1 Å². The van der Waals surface area contributed by atoms with Gasteiger partial charge >= 0.3 is 5.97 Å². The van der Waals surface area contributed by atoms with Crippen molar-refractivity contribution in [3.8, 4) is 0 Å². The summed E-state index contributed by atoms with van der Waals surface area (Å²) in [5.41, 5.74) is 1.39. The van der Waals surface area contributed by atoms with Gasteiger partial charge in [-0.1, -0.05) is 42.7 Å². The molecule has 0 bridgehead atoms. The first kappa shape index (κ1) is 15.5. The molecule has 0 saturated heterocycles. The average Bonchev–Trinajstić information content (AvgIpc) is 2.88. The molecule has 0 atom stereocenters. The molecule has 1 aromatic rings. The number of hydrogen-bond acceptors (Lipinski definition) is 2. The third-order valence-electron chi connectivity index (χ3n) is 4.43. The Labute approximate surface area is 125 Å². The maximum atomic E-state index is 12.4. The van der Waals surface area contributed by atoms with E-state index < -0.39 is 11.4 Å². The number of carboxylic acid groups (broad SMARTS) is 1. The fraction of sp³-hybridized carbons (Fsp3) is 0.529. The highest BCUT2D eigenvalue weighted by atomic mass is 16.4. The lowest BCUT2D eigenvalue weighted by Gasteiger charge is -2.26. The number of aliphatic carboxylic acids is 1. The molecule has 1 amide bonds. The summed E-state index contributed by atoms with van der Waals surface area (Å²) in [6, 6.07) is 8.02. The van der Waals surface area contributed by atoms with Crippen molar-refractivity contribution in [1.29, 1.82) is 0 Å². The number of carbonyl (C=O) groups is 2. The van der Waals surface area contributed by atoms with E-state index in [2.05, 4.69) is 0 Å². The zero-order valence-electron chi connectivity index (χ0n) is 12.8. The van der Waals surface area contributed by atoms with E-state index in [-0.39, 0.29) is 12.3 Å². The minimum absolute atomic E-state index is 0.0826. The summed E-state index contributed by atoms with van der Waals surface area (Å²) >= 11 is 0. The monoisotopic (exact) mass is 289 g/mol. The molecule has 1 saturated carbocycles. The summed E-state index contributed by atoms with van der Waals surface area (Å²) in [4.78, 5) is 25.5. The van der Waals surface area contributed by atoms with Gasteiger partial charge in [-0.15, -0.1) is 0 Å². The lowest BCUT2D eigenvalue weighted by atomic mass is 9.82. The fourth-order valence-electron chi connectivity index (χ4n) is 3.12. The van der Waals surface area contributed by atoms with E-state index in [9.17, 15) is 14.7 Å². The molecule has 1 N–H and O–H groups in total. The molecule has 1 aromatic carbocycles. The Hall–Kier alpha value is -1.84. The van der Waals surface area contributed by atoms with E-state index in [0.29, 0.717) is 19.4 Å². The summed E-state index contributed by atoms with van der Waals surface area (Å²) < 4.78 is 0. The first-order valence-corrected chi connectivity index (χ1v) is 7.46. The van der Waals surface area contributed by atoms with Crippen molar-refractivity contribution >= 4 is 11.9 Å². The molecule has 1 aliphatic carbocycles. The van der Waals surface area contributed by atoms with E-state index in [1.165, 1.54) is 0 Å². The van der Waals surface area contributed by atoms with E-state index in [0.717, 1.165) is 24.0 Å². The normalized spacial score (nSPS) is 16.7. The molecule has 4 heteroatoms. The number of rotatable bonds is 5. The maximum Gasteiger partial charge on any atom is 0.310 e. The van der Waals surface area contributed by atoms with Crippen LogP contribution in [-0.4, -0.2) is 28.9 Å². The minimum Gasteiger partial charge on any atom is -0.481 e. The van der Waals surface area contributed by atoms with Crippen LogP contribution >= 0.6 is 0 Å². The Balaban J connectivity index is 2.01. The lowest BCUT2D eigenvalue weighted by Crippen LogP contribution is -2.36. The van der Waals surface area contributed by atoms with Crippen molar-refractivity contribution in [3.05, 3.63) is 35.4 Å². The van der Waals surface area contributed by atoms with Gasteiger partial charge < -0.3 is 10.0 Å². The number of amides is 1. The van der Waals surface area contributed by atoms with Crippen molar-refractivity contribution in [2.75, 3.05) is 7.05 Å². The summed E-state index contributed by atoms with van der Waals surface area (Å²) in [7, 11) is 1.75. The standard InChI is InChI=1S/C17H23NO3/c1-13-6-5-7-14(10-13)12-18(2)15(19)11-17(16(20)21)8-3-4-9-17/h5-7,10H,3-4,8-9,11-12H2,1-2H3,(H,20,21). The molecule has 2 rings (SSSR count). The minimum atomic E-state index is -0.835. The van der Waals surface area contributed by atoms with Crippen LogP contribution in [0.3, 0.4) is 0 Å². The predicted octanol–water partition coefficient (Wildman–Crippen LogP) is 2.99. The van der Waals surface area contributed by atoms with Crippen LogP contribution < -0.4 is 0 Å². The molecule has 0 aliphatic heterocycles. The van der Waals surface area contributed by atoms with Gasteiger partial charge in [0.05, 0.1) is 5.41 Å². The number of nitrogens with zero attached hydrogens (tertiary/aromatic N) is 1. The van der Waals surface area contributed by atoms with Crippen LogP contribution in [0.2, 0.25) is 0 Å². The average molecular weight is 289 g/mol. The van der Waals surface area contributed by atoms with E-state index in [1.807, 2.05) is 31.2 Å². The second-order valence-electron chi connectivity index (χ2n) is 6.21. The molecule has 1 aliphatic rings. The molecule has 21 heavy (non-hydrogen) atoms. The number of carboxylic acids is 1. The molecule has 0 heterocycles. The van der Waals surface area contributed by atoms with Crippen molar-refractivity contribution in [2.45, 2.75) is 45.6 Å². The highest BCUT2D eigenvalue weighted by Gasteiger charge is 2.43. The van der Waals surface area contributed by atoms with Crippen LogP contribution in [0.5, 0.6) is 0 Å². The smallest absolute Gasteiger partial charge is 0.310 e. The molecule has 0 radical (unpaired) electrons. The van der Waals surface area contributed by atoms with Crippen LogP contribution in [0.4, 0.5) is 0 Å². The Bertz CT molecular complexity index is 533. The SMILES string of the molecule is Cc1cccc(CN(C)C(=O)CC2(C(=O)O)CCCC2)c1. The van der Waals surface area contributed by atoms with Crippen molar-refractivity contribution < 1.29 is 14.7 Å². The van der Waals surface area contributed by atoms with Gasteiger partial charge in [-0.3, -0.25) is 9.59 Å². The molecule has 0 spiro atoms. The van der Waals surface area contributed by atoms with Gasteiger partial charge in [0.2, 0.25) is 5.91 Å². The number of carbonyl (C=O) groups excluding carboxylic acids is 1. The molecule has 0 unspecified atom stereocenters. The van der Waals surface area contributed by atoms with Gasteiger partial charge in [0.15, 0.2) is 0 Å². The van der Waals surface area contributed by atoms with Gasteiger partial charge in [0.25, 0.3) is 0 Å². The first-order chi connectivity index (χ1) is 9.93. The Morgan fingerprint density at radius 2 is 1.95 bits per heavy atom. The predicted molar refractivity (Wildman–Crippen MR) is 80.8 cm³/mol. The van der Waals surface area contributed by atoms with Gasteiger partial charge in [0, 0.05) is 20.0 Å². The molecular weight excluding hydrogens is 266 g/mol. The first-order valence-electron chi connectivity index (χ1n) is 7.46. The topological polar surface area (TPSA) is 57.6 Å². The van der Waals surface area contributed by atoms with E-state index in [1.54, 1.807) is 11.9 Å². The highest BCUT2D eigenvalue weighted by Crippen LogP contribution is 2.41. The molecule has 114 valence electrons. The number of hydrogen-bond donors (Lipinski definition) is 1. The van der Waals surface area contributed by atoms with Gasteiger partial charge in [-0.2, -0.15) is 0 Å². The molecule has 4 nitrogen and oxygen atoms in total. The van der Waals surface area contributed by atoms with Crippen molar-refractivity contribution in [3.63, 3.8) is 0 Å². The summed E-state index contributed by atoms with van der Waals surface area (Å²) in [6.45, 7) is 2.54. The van der Waals surface area contributed by atoms with Gasteiger partial charge in [0.1, 0.15) is 0 Å². The Morgan fingerprint density at radius 3 is 2.52 bits per heavy atom. The Kier molecular flexibility index (Phi) is 4.66. The summed E-state index contributed by atoms with van der Waals surface area (Å²) in [5, 5.41) is 9.45. The highest BCUT2D eigenvalue weighted by molar-refractivity contribution is 5.85. The van der Waals surface area contributed by atoms with Crippen LogP contribution in [0.15, 0.2) is 24.3 Å². The number of benzene rings is 1. The zero-order valence-corrected chi connectivity index (χ0v) is 12.8. The fourth-order valence-corrected chi connectivity index (χ4v) is 3.12. The van der Waals surface area contributed by atoms with Crippen LogP contribution in [0.25, 0.3) is 0 Å². The zero-order chi connectivity index (χ0) is 15.5.